The van der Waals surface area contributed by atoms with Gasteiger partial charge in [-0.3, -0.25) is 9.69 Å². The molecule has 1 aliphatic heterocycles. The van der Waals surface area contributed by atoms with Crippen LogP contribution in [0.25, 0.3) is 22.0 Å². The van der Waals surface area contributed by atoms with Crippen molar-refractivity contribution in [2.75, 3.05) is 117 Å². The van der Waals surface area contributed by atoms with Crippen molar-refractivity contribution in [3.8, 4) is 11.3 Å². The number of aromatic nitrogens is 1. The number of cyclic esters (lactones) is 1. The molecule has 1 aromatic heterocycles. The monoisotopic (exact) mass is 813 g/mol. The number of ether oxygens (including phenoxy) is 9. The van der Waals surface area contributed by atoms with E-state index in [1.165, 1.54) is 47.4 Å². The summed E-state index contributed by atoms with van der Waals surface area (Å²) in [6.07, 6.45) is -7.89. The number of aliphatic hydroxyl groups is 1. The molecule has 0 spiro atoms. The van der Waals surface area contributed by atoms with Crippen molar-refractivity contribution in [3.05, 3.63) is 64.4 Å². The second kappa shape index (κ2) is 24.6. The average Bonchev–Trinajstić information content (AvgIpc) is 3.56. The second-order valence-electron chi connectivity index (χ2n) is 12.4. The first-order valence-electron chi connectivity index (χ1n) is 18.4. The molecule has 19 heteroatoms. The summed E-state index contributed by atoms with van der Waals surface area (Å²) < 4.78 is 89.1. The maximum Gasteiger partial charge on any atom is 0.417 e. The van der Waals surface area contributed by atoms with Gasteiger partial charge in [0.2, 0.25) is 0 Å². The lowest BCUT2D eigenvalue weighted by molar-refractivity contribution is -0.317. The first-order valence-corrected chi connectivity index (χ1v) is 18.4. The van der Waals surface area contributed by atoms with E-state index in [4.69, 9.17) is 47.7 Å². The summed E-state index contributed by atoms with van der Waals surface area (Å²) in [5.74, 6) is -1.49. The summed E-state index contributed by atoms with van der Waals surface area (Å²) in [7, 11) is 0. The number of aliphatic carboxylic acids is 1. The number of carboxylic acids is 1. The third-order valence-electron chi connectivity index (χ3n) is 8.29. The molecule has 3 aromatic rings. The highest BCUT2D eigenvalue weighted by Gasteiger charge is 2.35. The van der Waals surface area contributed by atoms with Crippen molar-refractivity contribution >= 4 is 28.5 Å². The van der Waals surface area contributed by atoms with E-state index in [1.54, 1.807) is 0 Å². The standard InChI is InChI=1S/C38H49F3N2O14/c39-38(40,41)32-4-2-1-3-30(32)33-23-27-5-6-28(24-31(27)35(45)42-33)43-26-29(57-37(43)48)25-34(36(46)47)56-22-21-55-20-19-54-18-17-53-16-15-52-14-13-51-12-11-50-10-9-49-8-7-44/h1-6,23-24,29,34,44H,7-22,25-26H2,(H,42,45)(H,46,47)/p-1/t29?,34-/m0/s1. The maximum atomic E-state index is 13.6. The predicted octanol–water partition coefficient (Wildman–Crippen LogP) is 2.17. The van der Waals surface area contributed by atoms with E-state index in [0.29, 0.717) is 78.1 Å². The molecule has 1 amide bonds. The van der Waals surface area contributed by atoms with Crippen LogP contribution in [0.3, 0.4) is 0 Å². The maximum absolute atomic E-state index is 13.6. The molecule has 2 aromatic carbocycles. The Balaban J connectivity index is 1.06. The van der Waals surface area contributed by atoms with Gasteiger partial charge >= 0.3 is 12.3 Å². The van der Waals surface area contributed by atoms with E-state index in [0.717, 1.165) is 6.07 Å². The number of hydrogen-bond acceptors (Lipinski definition) is 14. The van der Waals surface area contributed by atoms with Crippen molar-refractivity contribution in [2.24, 2.45) is 0 Å². The van der Waals surface area contributed by atoms with Gasteiger partial charge in [0.25, 0.3) is 5.56 Å². The number of pyridine rings is 1. The van der Waals surface area contributed by atoms with Gasteiger partial charge in [-0.25, -0.2) is 4.79 Å². The Morgan fingerprint density at radius 2 is 1.32 bits per heavy atom. The Morgan fingerprint density at radius 1 is 0.789 bits per heavy atom. The third kappa shape index (κ3) is 15.6. The lowest BCUT2D eigenvalue weighted by Crippen LogP contribution is -2.41. The Labute approximate surface area is 326 Å². The van der Waals surface area contributed by atoms with Crippen LogP contribution in [0.5, 0.6) is 0 Å². The average molecular weight is 814 g/mol. The zero-order valence-electron chi connectivity index (χ0n) is 31.3. The number of amides is 1. The van der Waals surface area contributed by atoms with Crippen LogP contribution in [-0.2, 0) is 53.6 Å². The summed E-state index contributed by atoms with van der Waals surface area (Å²) in [6, 6.07) is 10.7. The van der Waals surface area contributed by atoms with Gasteiger partial charge in [0.1, 0.15) is 12.2 Å². The Kier molecular flexibility index (Phi) is 19.6. The van der Waals surface area contributed by atoms with Gasteiger partial charge in [-0.15, -0.1) is 0 Å². The normalized spacial score (nSPS) is 15.1. The van der Waals surface area contributed by atoms with Crippen LogP contribution in [0.2, 0.25) is 0 Å². The quantitative estimate of drug-likeness (QED) is 0.0968. The van der Waals surface area contributed by atoms with Gasteiger partial charge in [0.15, 0.2) is 0 Å². The summed E-state index contributed by atoms with van der Waals surface area (Å²) >= 11 is 0. The first-order chi connectivity index (χ1) is 27.6. The van der Waals surface area contributed by atoms with Crippen molar-refractivity contribution in [1.82, 2.24) is 4.98 Å². The fraction of sp³-hybridized carbons (Fsp3) is 0.553. The summed E-state index contributed by atoms with van der Waals surface area (Å²) in [6.45, 7) is 4.88. The zero-order chi connectivity index (χ0) is 40.9. The molecular formula is C38H48F3N2O14-. The lowest BCUT2D eigenvalue weighted by atomic mass is 10.0. The van der Waals surface area contributed by atoms with Crippen LogP contribution < -0.4 is 15.6 Å². The Morgan fingerprint density at radius 3 is 1.84 bits per heavy atom. The number of carbonyl (C=O) groups excluding carboxylic acids is 2. The lowest BCUT2D eigenvalue weighted by Gasteiger charge is -2.21. The predicted molar refractivity (Wildman–Crippen MR) is 195 cm³/mol. The topological polar surface area (TPSA) is 197 Å². The molecule has 16 nitrogen and oxygen atoms in total. The second-order valence-corrected chi connectivity index (χ2v) is 12.4. The summed E-state index contributed by atoms with van der Waals surface area (Å²) in [4.78, 5) is 41.2. The van der Waals surface area contributed by atoms with Crippen LogP contribution in [0.1, 0.15) is 12.0 Å². The number of aliphatic hydroxyl groups excluding tert-OH is 1. The molecule has 0 radical (unpaired) electrons. The van der Waals surface area contributed by atoms with Gasteiger partial charge in [-0.2, -0.15) is 13.2 Å². The molecule has 57 heavy (non-hydrogen) atoms. The smallest absolute Gasteiger partial charge is 0.417 e. The minimum Gasteiger partial charge on any atom is -0.547 e. The molecular weight excluding hydrogens is 765 g/mol. The molecule has 2 heterocycles. The highest BCUT2D eigenvalue weighted by Crippen LogP contribution is 2.37. The summed E-state index contributed by atoms with van der Waals surface area (Å²) in [5, 5.41) is 20.9. The van der Waals surface area contributed by atoms with Gasteiger partial charge in [0.05, 0.1) is 124 Å². The number of benzene rings is 2. The molecule has 1 fully saturated rings. The molecule has 4 rings (SSSR count). The van der Waals surface area contributed by atoms with E-state index >= 15 is 0 Å². The zero-order valence-corrected chi connectivity index (χ0v) is 31.3. The minimum atomic E-state index is -4.63. The van der Waals surface area contributed by atoms with Gasteiger partial charge in [-0.05, 0) is 29.7 Å². The molecule has 2 atom stereocenters. The van der Waals surface area contributed by atoms with E-state index in [9.17, 15) is 32.7 Å². The molecule has 1 aliphatic rings. The Hall–Kier alpha value is -4.18. The number of carbonyl (C=O) groups is 2. The fourth-order valence-electron chi connectivity index (χ4n) is 5.59. The van der Waals surface area contributed by atoms with Crippen LogP contribution in [0, 0.1) is 0 Å². The van der Waals surface area contributed by atoms with E-state index in [-0.39, 0.29) is 68.3 Å². The summed E-state index contributed by atoms with van der Waals surface area (Å²) in [5.41, 5.74) is -1.48. The van der Waals surface area contributed by atoms with Crippen molar-refractivity contribution in [2.45, 2.75) is 24.8 Å². The number of rotatable bonds is 29. The molecule has 316 valence electrons. The first kappa shape index (κ1) is 45.5. The number of nitrogens with zero attached hydrogens (tertiary/aromatic N) is 1. The highest BCUT2D eigenvalue weighted by atomic mass is 19.4. The largest absolute Gasteiger partial charge is 0.547 e. The van der Waals surface area contributed by atoms with Crippen LogP contribution >= 0.6 is 0 Å². The van der Waals surface area contributed by atoms with Crippen LogP contribution in [-0.4, -0.2) is 147 Å². The number of carboxylic acid groups (broad SMARTS) is 1. The molecule has 1 saturated heterocycles. The SMILES string of the molecule is O=C([O-])[C@H](CC1CN(c2ccc3cc(-c4ccccc4C(F)(F)F)[nH]c(=O)c3c2)C(=O)O1)OCCOCCOCCOCCOCCOCCOCCOCCO. The number of anilines is 1. The van der Waals surface area contributed by atoms with E-state index in [1.807, 2.05) is 0 Å². The number of halogens is 3. The van der Waals surface area contributed by atoms with Gasteiger partial charge < -0.3 is 62.6 Å². The number of aromatic amines is 1. The van der Waals surface area contributed by atoms with Crippen LogP contribution in [0.15, 0.2) is 53.3 Å². The number of fused-ring (bicyclic) bond motifs is 1. The molecule has 0 aliphatic carbocycles. The van der Waals surface area contributed by atoms with Crippen molar-refractivity contribution in [3.63, 3.8) is 0 Å². The molecule has 2 N–H and O–H groups in total. The van der Waals surface area contributed by atoms with Gasteiger partial charge in [-0.1, -0.05) is 24.3 Å². The number of nitrogens with one attached hydrogen (secondary N) is 1. The molecule has 0 saturated carbocycles. The minimum absolute atomic E-state index is 0.0114. The van der Waals surface area contributed by atoms with Crippen LogP contribution in [0.4, 0.5) is 23.7 Å². The third-order valence-corrected chi connectivity index (χ3v) is 8.29. The fourth-order valence-corrected chi connectivity index (χ4v) is 5.59. The van der Waals surface area contributed by atoms with Gasteiger partial charge in [0, 0.05) is 28.8 Å². The van der Waals surface area contributed by atoms with E-state index in [2.05, 4.69) is 4.98 Å². The Bertz CT molecular complexity index is 1730. The number of H-pyrrole nitrogens is 1. The molecule has 0 bridgehead atoms. The number of alkyl halides is 3. The highest BCUT2D eigenvalue weighted by molar-refractivity contribution is 5.95. The van der Waals surface area contributed by atoms with E-state index < -0.39 is 41.6 Å². The van der Waals surface area contributed by atoms with Crippen molar-refractivity contribution in [1.29, 1.82) is 0 Å². The number of hydrogen-bond donors (Lipinski definition) is 2. The van der Waals surface area contributed by atoms with Crippen molar-refractivity contribution < 1.29 is 75.6 Å². The molecule has 1 unspecified atom stereocenters.